The van der Waals surface area contributed by atoms with E-state index in [4.69, 9.17) is 0 Å². The Morgan fingerprint density at radius 1 is 1.05 bits per heavy atom. The Hall–Kier alpha value is -2.63. The van der Waals surface area contributed by atoms with E-state index in [9.17, 15) is 8.78 Å². The molecule has 100 valence electrons. The van der Waals surface area contributed by atoms with Gasteiger partial charge in [-0.05, 0) is 36.8 Å². The first-order valence-corrected chi connectivity index (χ1v) is 5.92. The van der Waals surface area contributed by atoms with Crippen LogP contribution >= 0.6 is 0 Å². The van der Waals surface area contributed by atoms with Gasteiger partial charge < -0.3 is 0 Å². The van der Waals surface area contributed by atoms with Gasteiger partial charge in [0.25, 0.3) is 0 Å². The summed E-state index contributed by atoms with van der Waals surface area (Å²) in [5, 5.41) is 7.42. The van der Waals surface area contributed by atoms with E-state index in [1.807, 2.05) is 6.92 Å². The monoisotopic (exact) mass is 272 g/mol. The van der Waals surface area contributed by atoms with Crippen LogP contribution in [-0.4, -0.2) is 19.7 Å². The zero-order chi connectivity index (χ0) is 14.1. The summed E-state index contributed by atoms with van der Waals surface area (Å²) in [6.45, 7) is 1.84. The molecule has 0 bridgehead atoms. The summed E-state index contributed by atoms with van der Waals surface area (Å²) in [4.78, 5) is 4.26. The topological polar surface area (TPSA) is 43.6 Å². The Balaban J connectivity index is 2.09. The van der Waals surface area contributed by atoms with Gasteiger partial charge in [0, 0.05) is 17.3 Å². The van der Waals surface area contributed by atoms with E-state index in [1.165, 1.54) is 18.9 Å². The maximum atomic E-state index is 13.7. The van der Waals surface area contributed by atoms with E-state index in [2.05, 4.69) is 15.2 Å². The van der Waals surface area contributed by atoms with Crippen molar-refractivity contribution in [2.24, 2.45) is 0 Å². The molecule has 0 fully saturated rings. The van der Waals surface area contributed by atoms with Crippen LogP contribution in [0.4, 0.5) is 8.78 Å². The van der Waals surface area contributed by atoms with Gasteiger partial charge in [0.1, 0.15) is 30.1 Å². The Morgan fingerprint density at radius 3 is 2.50 bits per heavy atom. The van der Waals surface area contributed by atoms with Crippen molar-refractivity contribution in [3.8, 4) is 16.9 Å². The molecule has 4 nitrogen and oxygen atoms in total. The summed E-state index contributed by atoms with van der Waals surface area (Å²) in [5.74, 6) is -0.317. The van der Waals surface area contributed by atoms with Gasteiger partial charge in [-0.1, -0.05) is 0 Å². The molecule has 0 unspecified atom stereocenters. The summed E-state index contributed by atoms with van der Waals surface area (Å²) < 4.78 is 28.6. The molecule has 0 spiro atoms. The molecule has 3 aromatic rings. The van der Waals surface area contributed by atoms with E-state index >= 15 is 0 Å². The molecule has 0 N–H and O–H groups in total. The van der Waals surface area contributed by atoms with Crippen LogP contribution < -0.4 is 0 Å². The molecule has 0 aliphatic carbocycles. The number of rotatable bonds is 2. The first-order valence-electron chi connectivity index (χ1n) is 5.92. The second-order valence-electron chi connectivity index (χ2n) is 4.36. The number of aromatic nitrogens is 4. The van der Waals surface area contributed by atoms with Crippen LogP contribution in [-0.2, 0) is 0 Å². The molecule has 6 heteroatoms. The number of halogens is 2. The lowest BCUT2D eigenvalue weighted by atomic mass is 10.1. The number of benzene rings is 1. The first kappa shape index (κ1) is 12.4. The third kappa shape index (κ3) is 2.16. The molecule has 0 atom stereocenters. The van der Waals surface area contributed by atoms with Crippen LogP contribution in [0.3, 0.4) is 0 Å². The van der Waals surface area contributed by atoms with Gasteiger partial charge in [-0.2, -0.15) is 0 Å². The van der Waals surface area contributed by atoms with Crippen molar-refractivity contribution < 1.29 is 8.78 Å². The van der Waals surface area contributed by atoms with Crippen molar-refractivity contribution in [1.82, 2.24) is 19.7 Å². The zero-order valence-electron chi connectivity index (χ0n) is 10.6. The molecule has 0 saturated carbocycles. The molecule has 0 aliphatic rings. The predicted octanol–water partition coefficient (Wildman–Crippen LogP) is 2.92. The normalized spacial score (nSPS) is 10.8. The molecule has 20 heavy (non-hydrogen) atoms. The predicted molar refractivity (Wildman–Crippen MR) is 69.2 cm³/mol. The molecular weight excluding hydrogens is 262 g/mol. The highest BCUT2D eigenvalue weighted by Gasteiger charge is 2.10. The second-order valence-corrected chi connectivity index (χ2v) is 4.36. The maximum Gasteiger partial charge on any atom is 0.142 e. The van der Waals surface area contributed by atoms with Gasteiger partial charge in [0.05, 0.1) is 0 Å². The van der Waals surface area contributed by atoms with Crippen LogP contribution in [0.25, 0.3) is 16.9 Å². The van der Waals surface area contributed by atoms with Crippen LogP contribution in [0.5, 0.6) is 0 Å². The van der Waals surface area contributed by atoms with Crippen molar-refractivity contribution >= 4 is 0 Å². The van der Waals surface area contributed by atoms with Gasteiger partial charge >= 0.3 is 0 Å². The molecular formula is C14H10F2N4. The second kappa shape index (κ2) is 4.80. The molecule has 0 saturated heterocycles. The van der Waals surface area contributed by atoms with Crippen molar-refractivity contribution in [3.63, 3.8) is 0 Å². The van der Waals surface area contributed by atoms with Crippen molar-refractivity contribution in [2.45, 2.75) is 6.92 Å². The average Bonchev–Trinajstić information content (AvgIpc) is 2.95. The molecule has 3 rings (SSSR count). The summed E-state index contributed by atoms with van der Waals surface area (Å²) in [6.07, 6.45) is 4.55. The van der Waals surface area contributed by atoms with E-state index in [0.29, 0.717) is 11.4 Å². The molecule has 0 amide bonds. The number of aryl methyl sites for hydroxylation is 1. The number of hydrogen-bond acceptors (Lipinski definition) is 3. The van der Waals surface area contributed by atoms with Crippen molar-refractivity contribution in [3.05, 3.63) is 60.3 Å². The van der Waals surface area contributed by atoms with E-state index in [-0.39, 0.29) is 5.56 Å². The van der Waals surface area contributed by atoms with Crippen molar-refractivity contribution in [1.29, 1.82) is 0 Å². The fourth-order valence-electron chi connectivity index (χ4n) is 2.01. The van der Waals surface area contributed by atoms with Gasteiger partial charge in [-0.15, -0.1) is 10.2 Å². The number of pyridine rings is 1. The summed E-state index contributed by atoms with van der Waals surface area (Å²) in [6, 6.07) is 5.10. The highest BCUT2D eigenvalue weighted by Crippen LogP contribution is 2.25. The third-order valence-electron chi connectivity index (χ3n) is 2.95. The molecule has 1 aromatic carbocycles. The fraction of sp³-hybridized carbons (Fsp3) is 0.0714. The van der Waals surface area contributed by atoms with Gasteiger partial charge in [-0.3, -0.25) is 4.57 Å². The minimum atomic E-state index is -0.484. The van der Waals surface area contributed by atoms with Crippen LogP contribution in [0, 0.1) is 18.6 Å². The average molecular weight is 272 g/mol. The summed E-state index contributed by atoms with van der Waals surface area (Å²) >= 11 is 0. The number of hydrogen-bond donors (Lipinski definition) is 0. The Bertz CT molecular complexity index is 754. The minimum Gasteiger partial charge on any atom is -0.272 e. The Labute approximate surface area is 113 Å². The highest BCUT2D eigenvalue weighted by atomic mass is 19.1. The quantitative estimate of drug-likeness (QED) is 0.720. The summed E-state index contributed by atoms with van der Waals surface area (Å²) in [5.41, 5.74) is 1.53. The molecule has 2 heterocycles. The smallest absolute Gasteiger partial charge is 0.142 e. The molecule has 0 radical (unpaired) electrons. The van der Waals surface area contributed by atoms with Gasteiger partial charge in [0.2, 0.25) is 0 Å². The Kier molecular flexibility index (Phi) is 2.98. The molecule has 2 aromatic heterocycles. The highest BCUT2D eigenvalue weighted by molar-refractivity contribution is 5.65. The van der Waals surface area contributed by atoms with Crippen LogP contribution in [0.15, 0.2) is 43.1 Å². The third-order valence-corrected chi connectivity index (χ3v) is 2.95. The van der Waals surface area contributed by atoms with Gasteiger partial charge in [-0.25, -0.2) is 13.8 Å². The van der Waals surface area contributed by atoms with E-state index in [0.717, 1.165) is 23.8 Å². The summed E-state index contributed by atoms with van der Waals surface area (Å²) in [7, 11) is 0. The molecule has 0 aliphatic heterocycles. The SMILES string of the molecule is Cc1cc(-c2cc(F)ccc2F)cnc1-n1cnnc1. The van der Waals surface area contributed by atoms with Crippen LogP contribution in [0.1, 0.15) is 5.56 Å². The maximum absolute atomic E-state index is 13.7. The first-order chi connectivity index (χ1) is 9.65. The standard InChI is InChI=1S/C14H10F2N4/c1-9-4-10(12-5-11(15)2-3-13(12)16)6-17-14(9)20-7-18-19-8-20/h2-8H,1H3. The van der Waals surface area contributed by atoms with E-state index in [1.54, 1.807) is 10.6 Å². The fourth-order valence-corrected chi connectivity index (χ4v) is 2.01. The zero-order valence-corrected chi connectivity index (χ0v) is 10.6. The lowest BCUT2D eigenvalue weighted by Gasteiger charge is -2.08. The number of nitrogens with zero attached hydrogens (tertiary/aromatic N) is 4. The largest absolute Gasteiger partial charge is 0.272 e. The Morgan fingerprint density at radius 2 is 1.80 bits per heavy atom. The van der Waals surface area contributed by atoms with Gasteiger partial charge in [0.15, 0.2) is 0 Å². The lowest BCUT2D eigenvalue weighted by Crippen LogP contribution is -1.99. The van der Waals surface area contributed by atoms with Crippen molar-refractivity contribution in [2.75, 3.05) is 0 Å². The van der Waals surface area contributed by atoms with E-state index < -0.39 is 11.6 Å². The minimum absolute atomic E-state index is 0.191. The van der Waals surface area contributed by atoms with Crippen LogP contribution in [0.2, 0.25) is 0 Å². The lowest BCUT2D eigenvalue weighted by molar-refractivity contribution is 0.603.